The van der Waals surface area contributed by atoms with E-state index in [0.717, 1.165) is 12.0 Å². The summed E-state index contributed by atoms with van der Waals surface area (Å²) in [7, 11) is -0.526. The first kappa shape index (κ1) is 29.5. The average Bonchev–Trinajstić information content (AvgIpc) is 3.25. The number of nitrogens with one attached hydrogen (secondary N) is 3. The fraction of sp³-hybridized carbons (Fsp3) is 0.667. The van der Waals surface area contributed by atoms with E-state index in [-0.39, 0.29) is 41.4 Å². The Balaban J connectivity index is 1.50. The number of hydrogen-bond donors (Lipinski definition) is 3. The van der Waals surface area contributed by atoms with E-state index in [0.29, 0.717) is 30.6 Å². The van der Waals surface area contributed by atoms with Crippen LogP contribution in [0.1, 0.15) is 66.4 Å². The highest BCUT2D eigenvalue weighted by Gasteiger charge is 2.68. The van der Waals surface area contributed by atoms with Gasteiger partial charge in [-0.25, -0.2) is 0 Å². The van der Waals surface area contributed by atoms with Gasteiger partial charge >= 0.3 is 7.12 Å². The van der Waals surface area contributed by atoms with Crippen molar-refractivity contribution < 1.29 is 18.9 Å². The summed E-state index contributed by atoms with van der Waals surface area (Å²) in [6.45, 7) is 13.1. The number of aliphatic imine (C=N–C) groups is 1. The van der Waals surface area contributed by atoms with Gasteiger partial charge in [0.25, 0.3) is 0 Å². The third-order valence-corrected chi connectivity index (χ3v) is 9.21. The molecule has 3 aliphatic carbocycles. The Morgan fingerprint density at radius 1 is 1.13 bits per heavy atom. The fourth-order valence-electron chi connectivity index (χ4n) is 6.80. The number of amides is 2. The predicted molar refractivity (Wildman–Crippen MR) is 155 cm³/mol. The lowest BCUT2D eigenvalue weighted by Crippen LogP contribution is -2.65. The summed E-state index contributed by atoms with van der Waals surface area (Å²) in [5.41, 5.74) is 0.841. The Hall–Kier alpha value is -2.52. The third kappa shape index (κ3) is 6.30. The van der Waals surface area contributed by atoms with Crippen LogP contribution in [0, 0.1) is 34.5 Å². The van der Waals surface area contributed by atoms with Crippen molar-refractivity contribution in [3.63, 3.8) is 0 Å². The fourth-order valence-corrected chi connectivity index (χ4v) is 6.80. The molecule has 5 rings (SSSR count). The van der Waals surface area contributed by atoms with Crippen LogP contribution in [-0.2, 0) is 25.3 Å². The number of carbonyl (C=O) groups excluding carboxylic acids is 2. The third-order valence-electron chi connectivity index (χ3n) is 9.21. The molecule has 3 saturated carbocycles. The molecular formula is C30H45BN4O4. The molecule has 3 N–H and O–H groups in total. The molecule has 212 valence electrons. The minimum Gasteiger partial charge on any atom is -0.404 e. The Kier molecular flexibility index (Phi) is 9.01. The second-order valence-electron chi connectivity index (χ2n) is 12.8. The normalized spacial score (nSPS) is 29.3. The second kappa shape index (κ2) is 11.9. The molecule has 4 aliphatic rings. The quantitative estimate of drug-likeness (QED) is 0.278. The molecule has 39 heavy (non-hydrogen) atoms. The Labute approximate surface area is 233 Å². The van der Waals surface area contributed by atoms with Crippen LogP contribution in [0.3, 0.4) is 0 Å². The first-order valence-electron chi connectivity index (χ1n) is 14.4. The minimum atomic E-state index is -0.765. The summed E-state index contributed by atoms with van der Waals surface area (Å²) < 4.78 is 13.3. The zero-order valence-electron chi connectivity index (χ0n) is 24.3. The summed E-state index contributed by atoms with van der Waals surface area (Å²) in [6.07, 6.45) is 5.96. The van der Waals surface area contributed by atoms with Gasteiger partial charge < -0.3 is 25.4 Å². The van der Waals surface area contributed by atoms with Gasteiger partial charge in [-0.2, -0.15) is 0 Å². The van der Waals surface area contributed by atoms with Crippen LogP contribution in [0.25, 0.3) is 0 Å². The zero-order chi connectivity index (χ0) is 28.4. The van der Waals surface area contributed by atoms with Crippen molar-refractivity contribution in [2.75, 3.05) is 6.54 Å². The molecule has 0 aromatic heterocycles. The number of hydrogen-bond acceptors (Lipinski definition) is 6. The predicted octanol–water partition coefficient (Wildman–Crippen LogP) is 3.87. The van der Waals surface area contributed by atoms with Crippen LogP contribution >= 0.6 is 0 Å². The molecule has 7 unspecified atom stereocenters. The zero-order valence-corrected chi connectivity index (χ0v) is 24.3. The van der Waals surface area contributed by atoms with E-state index in [1.54, 1.807) is 6.92 Å². The van der Waals surface area contributed by atoms with Crippen molar-refractivity contribution >= 4 is 31.4 Å². The van der Waals surface area contributed by atoms with Crippen LogP contribution in [0.4, 0.5) is 0 Å². The van der Waals surface area contributed by atoms with Gasteiger partial charge in [-0.05, 0) is 61.8 Å². The molecular weight excluding hydrogens is 491 g/mol. The van der Waals surface area contributed by atoms with Crippen molar-refractivity contribution in [3.05, 3.63) is 35.9 Å². The summed E-state index contributed by atoms with van der Waals surface area (Å²) in [5, 5.41) is 13.3. The molecule has 9 heteroatoms. The molecule has 7 atom stereocenters. The number of nitrogens with zero attached hydrogens (tertiary/aromatic N) is 1. The highest BCUT2D eigenvalue weighted by atomic mass is 16.7. The minimum absolute atomic E-state index is 0.0340. The standard InChI is InChI=1S/C30H45BN4O4/c1-19(2)14-26(31-38-25-17-22-16-24(29(22,4)5)30(25,6)39-31)35-28(37)23(15-21-10-8-7-9-11-21)34-27(36)20(3)18-33-13-12-32/h7-12,18-20,22-26,32H,13-17H2,1-6H3,(H,34,36)(H,35,37). The van der Waals surface area contributed by atoms with Crippen molar-refractivity contribution in [3.8, 4) is 0 Å². The number of rotatable bonds is 12. The van der Waals surface area contributed by atoms with Gasteiger partial charge in [0.2, 0.25) is 11.8 Å². The summed E-state index contributed by atoms with van der Waals surface area (Å²) >= 11 is 0. The Morgan fingerprint density at radius 2 is 1.85 bits per heavy atom. The number of carbonyl (C=O) groups is 2. The highest BCUT2D eigenvalue weighted by Crippen LogP contribution is 2.65. The van der Waals surface area contributed by atoms with E-state index in [1.165, 1.54) is 18.9 Å². The van der Waals surface area contributed by atoms with Gasteiger partial charge in [0.05, 0.1) is 30.1 Å². The molecule has 1 heterocycles. The van der Waals surface area contributed by atoms with Crippen LogP contribution in [0.5, 0.6) is 0 Å². The van der Waals surface area contributed by atoms with Crippen molar-refractivity contribution in [2.24, 2.45) is 34.1 Å². The summed E-state index contributed by atoms with van der Waals surface area (Å²) in [6, 6.07) is 8.92. The van der Waals surface area contributed by atoms with Gasteiger partial charge in [-0.3, -0.25) is 14.6 Å². The molecule has 0 radical (unpaired) electrons. The van der Waals surface area contributed by atoms with Crippen LogP contribution in [-0.4, -0.2) is 61.6 Å². The average molecular weight is 537 g/mol. The van der Waals surface area contributed by atoms with Crippen LogP contribution in [0.2, 0.25) is 0 Å². The van der Waals surface area contributed by atoms with Gasteiger partial charge in [0.1, 0.15) is 6.04 Å². The van der Waals surface area contributed by atoms with Crippen LogP contribution in [0.15, 0.2) is 35.3 Å². The topological polar surface area (TPSA) is 113 Å². The van der Waals surface area contributed by atoms with Crippen molar-refractivity contribution in [2.45, 2.75) is 90.9 Å². The first-order valence-corrected chi connectivity index (χ1v) is 14.4. The lowest BCUT2D eigenvalue weighted by molar-refractivity contribution is -0.199. The Morgan fingerprint density at radius 3 is 2.49 bits per heavy atom. The summed E-state index contributed by atoms with van der Waals surface area (Å²) in [5.74, 6) is 0.0118. The van der Waals surface area contributed by atoms with Crippen LogP contribution < -0.4 is 10.6 Å². The second-order valence-corrected chi connectivity index (χ2v) is 12.8. The molecule has 0 spiro atoms. The maximum atomic E-state index is 13.8. The van der Waals surface area contributed by atoms with Gasteiger partial charge in [-0.1, -0.05) is 58.0 Å². The largest absolute Gasteiger partial charge is 0.481 e. The van der Waals surface area contributed by atoms with Gasteiger partial charge in [0, 0.05) is 18.9 Å². The van der Waals surface area contributed by atoms with Crippen molar-refractivity contribution in [1.29, 1.82) is 5.41 Å². The first-order chi connectivity index (χ1) is 18.5. The van der Waals surface area contributed by atoms with Gasteiger partial charge in [0.15, 0.2) is 0 Å². The maximum absolute atomic E-state index is 13.8. The van der Waals surface area contributed by atoms with E-state index in [2.05, 4.69) is 50.2 Å². The smallest absolute Gasteiger partial charge is 0.404 e. The molecule has 4 fully saturated rings. The molecule has 1 aromatic carbocycles. The summed E-state index contributed by atoms with van der Waals surface area (Å²) in [4.78, 5) is 30.9. The lowest BCUT2D eigenvalue weighted by Gasteiger charge is -2.64. The van der Waals surface area contributed by atoms with E-state index >= 15 is 0 Å². The Bertz CT molecular complexity index is 1060. The lowest BCUT2D eigenvalue weighted by atomic mass is 9.43. The molecule has 1 aliphatic heterocycles. The SMILES string of the molecule is CC(C)CC(NC(=O)C(Cc1ccccc1)NC(=O)C(C)C=NCC=N)B1OC2CC3CC(C3(C)C)C2(C)O1. The van der Waals surface area contributed by atoms with E-state index in [1.807, 2.05) is 30.3 Å². The number of benzene rings is 1. The molecule has 1 saturated heterocycles. The van der Waals surface area contributed by atoms with Gasteiger partial charge in [-0.15, -0.1) is 0 Å². The molecule has 2 bridgehead atoms. The molecule has 8 nitrogen and oxygen atoms in total. The highest BCUT2D eigenvalue weighted by molar-refractivity contribution is 6.48. The molecule has 1 aromatic rings. The van der Waals surface area contributed by atoms with E-state index in [4.69, 9.17) is 14.7 Å². The maximum Gasteiger partial charge on any atom is 0.481 e. The van der Waals surface area contributed by atoms with E-state index < -0.39 is 19.1 Å². The monoisotopic (exact) mass is 536 g/mol. The van der Waals surface area contributed by atoms with E-state index in [9.17, 15) is 9.59 Å². The van der Waals surface area contributed by atoms with Crippen molar-refractivity contribution in [1.82, 2.24) is 10.6 Å². The molecule has 2 amide bonds.